The molecule has 4 heteroatoms. The highest BCUT2D eigenvalue weighted by atomic mass is 16.4. The molecule has 0 aromatic carbocycles. The van der Waals surface area contributed by atoms with Crippen molar-refractivity contribution in [2.75, 3.05) is 0 Å². The summed E-state index contributed by atoms with van der Waals surface area (Å²) in [6.45, 7) is 7.13. The summed E-state index contributed by atoms with van der Waals surface area (Å²) in [7, 11) is 0. The maximum Gasteiger partial charge on any atom is 0.309 e. The van der Waals surface area contributed by atoms with Crippen LogP contribution >= 0.6 is 0 Å². The molecular formula is C12H21NO3. The Kier molecular flexibility index (Phi) is 3.31. The predicted molar refractivity (Wildman–Crippen MR) is 61.0 cm³/mol. The SMILES string of the molecule is CC(C)(CC(=O)NC(C)(C)C1CC1)C(=O)O. The van der Waals surface area contributed by atoms with Gasteiger partial charge in [0, 0.05) is 12.0 Å². The van der Waals surface area contributed by atoms with Crippen molar-refractivity contribution in [2.45, 2.75) is 52.5 Å². The van der Waals surface area contributed by atoms with Gasteiger partial charge in [0.15, 0.2) is 0 Å². The summed E-state index contributed by atoms with van der Waals surface area (Å²) < 4.78 is 0. The predicted octanol–water partition coefficient (Wildman–Crippen LogP) is 1.79. The van der Waals surface area contributed by atoms with E-state index in [1.165, 1.54) is 0 Å². The number of carbonyl (C=O) groups is 2. The minimum absolute atomic E-state index is 0.0263. The Morgan fingerprint density at radius 3 is 2.12 bits per heavy atom. The zero-order valence-electron chi connectivity index (χ0n) is 10.5. The Balaban J connectivity index is 2.50. The van der Waals surface area contributed by atoms with Crippen LogP contribution < -0.4 is 5.32 Å². The fourth-order valence-electron chi connectivity index (χ4n) is 1.79. The first-order valence-electron chi connectivity index (χ1n) is 5.69. The molecule has 1 aliphatic carbocycles. The van der Waals surface area contributed by atoms with E-state index in [1.807, 2.05) is 13.8 Å². The largest absolute Gasteiger partial charge is 0.481 e. The summed E-state index contributed by atoms with van der Waals surface area (Å²) in [6, 6.07) is 0. The Labute approximate surface area is 96.4 Å². The summed E-state index contributed by atoms with van der Waals surface area (Å²) in [6.07, 6.45) is 2.32. The average Bonchev–Trinajstić information content (AvgIpc) is 2.81. The number of hydrogen-bond acceptors (Lipinski definition) is 2. The quantitative estimate of drug-likeness (QED) is 0.752. The molecule has 4 nitrogen and oxygen atoms in total. The van der Waals surface area contributed by atoms with E-state index in [-0.39, 0.29) is 17.9 Å². The molecule has 0 atom stereocenters. The number of hydrogen-bond donors (Lipinski definition) is 2. The van der Waals surface area contributed by atoms with Crippen molar-refractivity contribution in [3.05, 3.63) is 0 Å². The van der Waals surface area contributed by atoms with Gasteiger partial charge in [0.25, 0.3) is 0 Å². The van der Waals surface area contributed by atoms with E-state index in [2.05, 4.69) is 5.32 Å². The van der Waals surface area contributed by atoms with Gasteiger partial charge in [-0.15, -0.1) is 0 Å². The van der Waals surface area contributed by atoms with Crippen LogP contribution in [-0.4, -0.2) is 22.5 Å². The molecule has 0 unspecified atom stereocenters. The Hall–Kier alpha value is -1.06. The maximum absolute atomic E-state index is 11.7. The average molecular weight is 227 g/mol. The van der Waals surface area contributed by atoms with Gasteiger partial charge < -0.3 is 10.4 Å². The molecule has 1 amide bonds. The molecule has 0 heterocycles. The third-order valence-electron chi connectivity index (χ3n) is 3.24. The zero-order valence-corrected chi connectivity index (χ0v) is 10.5. The van der Waals surface area contributed by atoms with Gasteiger partial charge in [-0.3, -0.25) is 9.59 Å². The third-order valence-corrected chi connectivity index (χ3v) is 3.24. The van der Waals surface area contributed by atoms with Gasteiger partial charge in [-0.1, -0.05) is 0 Å². The van der Waals surface area contributed by atoms with E-state index in [0.29, 0.717) is 5.92 Å². The molecule has 16 heavy (non-hydrogen) atoms. The van der Waals surface area contributed by atoms with Crippen LogP contribution in [0.25, 0.3) is 0 Å². The molecule has 1 aliphatic rings. The van der Waals surface area contributed by atoms with Gasteiger partial charge in [-0.2, -0.15) is 0 Å². The normalized spacial score (nSPS) is 17.0. The molecule has 2 N–H and O–H groups in total. The van der Waals surface area contributed by atoms with Crippen molar-refractivity contribution in [2.24, 2.45) is 11.3 Å². The minimum Gasteiger partial charge on any atom is -0.481 e. The molecule has 0 bridgehead atoms. The topological polar surface area (TPSA) is 66.4 Å². The van der Waals surface area contributed by atoms with Crippen LogP contribution in [-0.2, 0) is 9.59 Å². The van der Waals surface area contributed by atoms with E-state index < -0.39 is 11.4 Å². The smallest absolute Gasteiger partial charge is 0.309 e. The van der Waals surface area contributed by atoms with Crippen LogP contribution in [0, 0.1) is 11.3 Å². The highest BCUT2D eigenvalue weighted by Gasteiger charge is 2.40. The minimum atomic E-state index is -0.996. The molecule has 1 fully saturated rings. The van der Waals surface area contributed by atoms with Crippen LogP contribution in [0.2, 0.25) is 0 Å². The van der Waals surface area contributed by atoms with E-state index in [4.69, 9.17) is 5.11 Å². The fourth-order valence-corrected chi connectivity index (χ4v) is 1.79. The fraction of sp³-hybridized carbons (Fsp3) is 0.833. The molecule has 0 saturated heterocycles. The van der Waals surface area contributed by atoms with Gasteiger partial charge in [-0.05, 0) is 46.5 Å². The first-order chi connectivity index (χ1) is 7.15. The second-order valence-electron chi connectivity index (χ2n) is 5.91. The monoisotopic (exact) mass is 227 g/mol. The molecule has 0 aliphatic heterocycles. The van der Waals surface area contributed by atoms with Crippen LogP contribution in [0.4, 0.5) is 0 Å². The Morgan fingerprint density at radius 2 is 1.75 bits per heavy atom. The van der Waals surface area contributed by atoms with Crippen molar-refractivity contribution < 1.29 is 14.7 Å². The molecule has 0 radical (unpaired) electrons. The van der Waals surface area contributed by atoms with Crippen LogP contribution in [0.15, 0.2) is 0 Å². The lowest BCUT2D eigenvalue weighted by Crippen LogP contribution is -2.47. The summed E-state index contributed by atoms with van der Waals surface area (Å²) in [4.78, 5) is 22.6. The summed E-state index contributed by atoms with van der Waals surface area (Å²) in [5, 5.41) is 11.9. The lowest BCUT2D eigenvalue weighted by Gasteiger charge is -2.28. The molecule has 92 valence electrons. The number of nitrogens with one attached hydrogen (secondary N) is 1. The maximum atomic E-state index is 11.7. The van der Waals surface area contributed by atoms with Gasteiger partial charge >= 0.3 is 5.97 Å². The van der Waals surface area contributed by atoms with Crippen molar-refractivity contribution in [3.63, 3.8) is 0 Å². The van der Waals surface area contributed by atoms with Crippen molar-refractivity contribution in [1.29, 1.82) is 0 Å². The van der Waals surface area contributed by atoms with Crippen molar-refractivity contribution >= 4 is 11.9 Å². The molecule has 1 rings (SSSR count). The van der Waals surface area contributed by atoms with Gasteiger partial charge in [0.05, 0.1) is 5.41 Å². The second kappa shape index (κ2) is 4.07. The first-order valence-corrected chi connectivity index (χ1v) is 5.69. The number of carboxylic acid groups (broad SMARTS) is 1. The summed E-state index contributed by atoms with van der Waals surface area (Å²) in [5.74, 6) is -0.569. The number of rotatable bonds is 5. The molecule has 0 aromatic heterocycles. The number of aliphatic carboxylic acids is 1. The zero-order chi connectivity index (χ0) is 12.6. The standard InChI is InChI=1S/C12H21NO3/c1-11(2,10(15)16)7-9(14)13-12(3,4)8-5-6-8/h8H,5-7H2,1-4H3,(H,13,14)(H,15,16). The van der Waals surface area contributed by atoms with Crippen LogP contribution in [0.3, 0.4) is 0 Å². The lowest BCUT2D eigenvalue weighted by molar-refractivity contribution is -0.149. The Morgan fingerprint density at radius 1 is 1.25 bits per heavy atom. The van der Waals surface area contributed by atoms with Crippen LogP contribution in [0.1, 0.15) is 47.0 Å². The summed E-state index contributed by atoms with van der Waals surface area (Å²) in [5.41, 5.74) is -1.20. The van der Waals surface area contributed by atoms with Crippen molar-refractivity contribution in [1.82, 2.24) is 5.32 Å². The van der Waals surface area contributed by atoms with Gasteiger partial charge in [-0.25, -0.2) is 0 Å². The van der Waals surface area contributed by atoms with E-state index in [0.717, 1.165) is 12.8 Å². The second-order valence-corrected chi connectivity index (χ2v) is 5.91. The van der Waals surface area contributed by atoms with Gasteiger partial charge in [0.2, 0.25) is 5.91 Å². The number of carboxylic acids is 1. The van der Waals surface area contributed by atoms with Gasteiger partial charge in [0.1, 0.15) is 0 Å². The highest BCUT2D eigenvalue weighted by Crippen LogP contribution is 2.39. The molecule has 1 saturated carbocycles. The van der Waals surface area contributed by atoms with E-state index in [9.17, 15) is 9.59 Å². The molecular weight excluding hydrogens is 206 g/mol. The van der Waals surface area contributed by atoms with E-state index in [1.54, 1.807) is 13.8 Å². The lowest BCUT2D eigenvalue weighted by atomic mass is 9.88. The number of amides is 1. The van der Waals surface area contributed by atoms with E-state index >= 15 is 0 Å². The number of carbonyl (C=O) groups excluding carboxylic acids is 1. The van der Waals surface area contributed by atoms with Crippen molar-refractivity contribution in [3.8, 4) is 0 Å². The third kappa shape index (κ3) is 3.22. The highest BCUT2D eigenvalue weighted by molar-refractivity contribution is 5.84. The molecule has 0 spiro atoms. The summed E-state index contributed by atoms with van der Waals surface area (Å²) >= 11 is 0. The van der Waals surface area contributed by atoms with Crippen LogP contribution in [0.5, 0.6) is 0 Å². The molecule has 0 aromatic rings. The first kappa shape index (κ1) is 13.0. The Bertz CT molecular complexity index is 303.